The number of thiophene rings is 1. The first kappa shape index (κ1) is 21.0. The van der Waals surface area contributed by atoms with Crippen LogP contribution in [0.4, 0.5) is 5.00 Å². The van der Waals surface area contributed by atoms with E-state index in [0.29, 0.717) is 34.7 Å². The minimum atomic E-state index is -1.11. The number of carboxylic acids is 1. The Hall–Kier alpha value is -3.23. The summed E-state index contributed by atoms with van der Waals surface area (Å²) in [6.45, 7) is 2.52. The Morgan fingerprint density at radius 3 is 2.48 bits per heavy atom. The van der Waals surface area contributed by atoms with Gasteiger partial charge >= 0.3 is 5.97 Å². The van der Waals surface area contributed by atoms with Gasteiger partial charge in [-0.05, 0) is 55.3 Å². The average molecular weight is 456 g/mol. The third-order valence-electron chi connectivity index (χ3n) is 5.05. The molecule has 2 amide bonds. The Morgan fingerprint density at radius 2 is 1.84 bits per heavy atom. The molecular formula is C22H18ClN3O4S. The summed E-state index contributed by atoms with van der Waals surface area (Å²) in [4.78, 5) is 43.9. The number of carboxylic acid groups (broad SMARTS) is 1. The van der Waals surface area contributed by atoms with Gasteiger partial charge in [0.05, 0.1) is 17.7 Å². The average Bonchev–Trinajstić information content (AvgIpc) is 3.11. The molecule has 3 aromatic rings. The SMILES string of the molecule is Cc1ccc(C(=O)N2CCc3c(sc(NC(=O)c4ccc(Cl)cc4)c3C(=O)O)C2)cn1. The van der Waals surface area contributed by atoms with Crippen LogP contribution in [0.2, 0.25) is 5.02 Å². The largest absolute Gasteiger partial charge is 0.478 e. The number of hydrogen-bond acceptors (Lipinski definition) is 5. The van der Waals surface area contributed by atoms with Crippen molar-refractivity contribution in [2.45, 2.75) is 19.9 Å². The highest BCUT2D eigenvalue weighted by molar-refractivity contribution is 7.17. The predicted molar refractivity (Wildman–Crippen MR) is 118 cm³/mol. The Bertz CT molecular complexity index is 1170. The molecule has 0 unspecified atom stereocenters. The molecule has 1 aromatic carbocycles. The van der Waals surface area contributed by atoms with Gasteiger partial charge in [-0.3, -0.25) is 14.6 Å². The molecule has 7 nitrogen and oxygen atoms in total. The lowest BCUT2D eigenvalue weighted by Gasteiger charge is -2.27. The number of hydrogen-bond donors (Lipinski definition) is 2. The predicted octanol–water partition coefficient (Wildman–Crippen LogP) is 4.25. The van der Waals surface area contributed by atoms with Crippen LogP contribution in [-0.4, -0.2) is 39.3 Å². The highest BCUT2D eigenvalue weighted by atomic mass is 35.5. The van der Waals surface area contributed by atoms with Crippen LogP contribution in [0.1, 0.15) is 47.2 Å². The summed E-state index contributed by atoms with van der Waals surface area (Å²) in [7, 11) is 0. The van der Waals surface area contributed by atoms with Crippen molar-refractivity contribution in [2.24, 2.45) is 0 Å². The van der Waals surface area contributed by atoms with Crippen LogP contribution in [0.25, 0.3) is 0 Å². The second-order valence-corrected chi connectivity index (χ2v) is 8.68. The summed E-state index contributed by atoms with van der Waals surface area (Å²) >= 11 is 7.05. The maximum atomic E-state index is 12.8. The van der Waals surface area contributed by atoms with Gasteiger partial charge in [-0.1, -0.05) is 11.6 Å². The van der Waals surface area contributed by atoms with Crippen molar-refractivity contribution >= 4 is 45.7 Å². The molecule has 1 aliphatic heterocycles. The van der Waals surface area contributed by atoms with E-state index in [-0.39, 0.29) is 23.0 Å². The van der Waals surface area contributed by atoms with Crippen molar-refractivity contribution in [3.05, 3.63) is 80.4 Å². The summed E-state index contributed by atoms with van der Waals surface area (Å²) < 4.78 is 0. The number of halogens is 1. The fraction of sp³-hybridized carbons (Fsp3) is 0.182. The molecule has 0 aliphatic carbocycles. The quantitative estimate of drug-likeness (QED) is 0.612. The molecule has 31 heavy (non-hydrogen) atoms. The molecule has 0 spiro atoms. The third kappa shape index (κ3) is 4.30. The number of fused-ring (bicyclic) bond motifs is 1. The fourth-order valence-corrected chi connectivity index (χ4v) is 4.82. The van der Waals surface area contributed by atoms with Crippen LogP contribution in [0.15, 0.2) is 42.6 Å². The zero-order valence-corrected chi connectivity index (χ0v) is 18.1. The number of anilines is 1. The number of carbonyl (C=O) groups excluding carboxylic acids is 2. The number of pyridine rings is 1. The fourth-order valence-electron chi connectivity index (χ4n) is 3.44. The van der Waals surface area contributed by atoms with E-state index in [1.165, 1.54) is 11.3 Å². The lowest BCUT2D eigenvalue weighted by Crippen LogP contribution is -2.35. The number of benzene rings is 1. The van der Waals surface area contributed by atoms with E-state index >= 15 is 0 Å². The van der Waals surface area contributed by atoms with E-state index in [2.05, 4.69) is 10.3 Å². The molecule has 3 heterocycles. The molecule has 0 saturated heterocycles. The van der Waals surface area contributed by atoms with Gasteiger partial charge in [0, 0.05) is 33.9 Å². The third-order valence-corrected chi connectivity index (χ3v) is 6.43. The smallest absolute Gasteiger partial charge is 0.339 e. The lowest BCUT2D eigenvalue weighted by molar-refractivity contribution is 0.0696. The number of nitrogens with zero attached hydrogens (tertiary/aromatic N) is 2. The van der Waals surface area contributed by atoms with E-state index in [1.54, 1.807) is 47.5 Å². The Morgan fingerprint density at radius 1 is 1.13 bits per heavy atom. The summed E-state index contributed by atoms with van der Waals surface area (Å²) in [6, 6.07) is 9.84. The highest BCUT2D eigenvalue weighted by Gasteiger charge is 2.30. The molecule has 0 saturated carbocycles. The van der Waals surface area contributed by atoms with Crippen LogP contribution in [0.5, 0.6) is 0 Å². The van der Waals surface area contributed by atoms with Crippen LogP contribution >= 0.6 is 22.9 Å². The summed E-state index contributed by atoms with van der Waals surface area (Å²) in [6.07, 6.45) is 1.94. The van der Waals surface area contributed by atoms with E-state index < -0.39 is 11.9 Å². The van der Waals surface area contributed by atoms with Gasteiger partial charge in [-0.15, -0.1) is 11.3 Å². The zero-order chi connectivity index (χ0) is 22.1. The highest BCUT2D eigenvalue weighted by Crippen LogP contribution is 2.37. The van der Waals surface area contributed by atoms with Crippen molar-refractivity contribution < 1.29 is 19.5 Å². The maximum Gasteiger partial charge on any atom is 0.339 e. The van der Waals surface area contributed by atoms with Crippen LogP contribution in [0, 0.1) is 6.92 Å². The van der Waals surface area contributed by atoms with Crippen LogP contribution in [0.3, 0.4) is 0 Å². The van der Waals surface area contributed by atoms with Crippen molar-refractivity contribution in [3.8, 4) is 0 Å². The van der Waals surface area contributed by atoms with Gasteiger partial charge < -0.3 is 15.3 Å². The van der Waals surface area contributed by atoms with Gasteiger partial charge in [0.25, 0.3) is 11.8 Å². The monoisotopic (exact) mass is 455 g/mol. The van der Waals surface area contributed by atoms with E-state index in [1.807, 2.05) is 6.92 Å². The van der Waals surface area contributed by atoms with Gasteiger partial charge in [-0.25, -0.2) is 4.79 Å². The van der Waals surface area contributed by atoms with Crippen molar-refractivity contribution in [1.29, 1.82) is 0 Å². The van der Waals surface area contributed by atoms with Crippen LogP contribution < -0.4 is 5.32 Å². The molecular weight excluding hydrogens is 438 g/mol. The Labute approximate surface area is 187 Å². The molecule has 0 atom stereocenters. The number of aromatic carboxylic acids is 1. The molecule has 158 valence electrons. The number of nitrogens with one attached hydrogen (secondary N) is 1. The normalized spacial score (nSPS) is 12.9. The van der Waals surface area contributed by atoms with E-state index in [9.17, 15) is 19.5 Å². The minimum absolute atomic E-state index is 0.0893. The number of aromatic nitrogens is 1. The zero-order valence-electron chi connectivity index (χ0n) is 16.5. The second-order valence-electron chi connectivity index (χ2n) is 7.14. The Balaban J connectivity index is 1.59. The van der Waals surface area contributed by atoms with Crippen molar-refractivity contribution in [2.75, 3.05) is 11.9 Å². The molecule has 0 fully saturated rings. The maximum absolute atomic E-state index is 12.8. The molecule has 0 bridgehead atoms. The lowest BCUT2D eigenvalue weighted by atomic mass is 10.0. The standard InChI is InChI=1S/C22H18ClN3O4S/c1-12-2-3-14(10-24-12)21(28)26-9-8-16-17(11-26)31-20(18(16)22(29)30)25-19(27)13-4-6-15(23)7-5-13/h2-7,10H,8-9,11H2,1H3,(H,25,27)(H,29,30). The molecule has 0 radical (unpaired) electrons. The summed E-state index contributed by atoms with van der Waals surface area (Å²) in [5.41, 5.74) is 2.43. The first-order valence-electron chi connectivity index (χ1n) is 9.50. The topological polar surface area (TPSA) is 99.6 Å². The van der Waals surface area contributed by atoms with Crippen molar-refractivity contribution in [1.82, 2.24) is 9.88 Å². The summed E-state index contributed by atoms with van der Waals surface area (Å²) in [5, 5.41) is 13.2. The van der Waals surface area contributed by atoms with Crippen LogP contribution in [-0.2, 0) is 13.0 Å². The molecule has 2 aromatic heterocycles. The first-order chi connectivity index (χ1) is 14.8. The number of carbonyl (C=O) groups is 3. The van der Waals surface area contributed by atoms with Crippen molar-refractivity contribution in [3.63, 3.8) is 0 Å². The number of amides is 2. The molecule has 4 rings (SSSR count). The number of rotatable bonds is 4. The van der Waals surface area contributed by atoms with E-state index in [0.717, 1.165) is 10.6 Å². The second kappa shape index (κ2) is 8.49. The molecule has 9 heteroatoms. The van der Waals surface area contributed by atoms with Gasteiger partial charge in [-0.2, -0.15) is 0 Å². The van der Waals surface area contributed by atoms with Gasteiger partial charge in [0.1, 0.15) is 5.00 Å². The van der Waals surface area contributed by atoms with Gasteiger partial charge in [0.2, 0.25) is 0 Å². The molecule has 2 N–H and O–H groups in total. The van der Waals surface area contributed by atoms with Gasteiger partial charge in [0.15, 0.2) is 0 Å². The Kier molecular flexibility index (Phi) is 5.75. The number of aryl methyl sites for hydroxylation is 1. The minimum Gasteiger partial charge on any atom is -0.478 e. The summed E-state index contributed by atoms with van der Waals surface area (Å²) in [5.74, 6) is -1.68. The first-order valence-corrected chi connectivity index (χ1v) is 10.7. The molecule has 1 aliphatic rings. The van der Waals surface area contributed by atoms with E-state index in [4.69, 9.17) is 11.6 Å².